The van der Waals surface area contributed by atoms with E-state index in [1.54, 1.807) is 82.3 Å². The van der Waals surface area contributed by atoms with E-state index < -0.39 is 10.0 Å². The van der Waals surface area contributed by atoms with Crippen LogP contribution in [0.15, 0.2) is 272 Å². The second-order valence-electron chi connectivity index (χ2n) is 22.6. The van der Waals surface area contributed by atoms with Crippen molar-refractivity contribution >= 4 is 92.9 Å². The summed E-state index contributed by atoms with van der Waals surface area (Å²) in [5.74, 6) is 2.49. The molecule has 16 aromatic rings. The van der Waals surface area contributed by atoms with Gasteiger partial charge in [-0.1, -0.05) is 109 Å². The maximum absolute atomic E-state index is 12.8. The van der Waals surface area contributed by atoms with Crippen LogP contribution in [-0.4, -0.2) is 64.6 Å². The number of non-ortho nitro benzene ring substituents is 1. The van der Waals surface area contributed by atoms with Crippen LogP contribution in [0.3, 0.4) is 0 Å². The van der Waals surface area contributed by atoms with Crippen molar-refractivity contribution in [2.45, 2.75) is 4.90 Å². The molecule has 16 nitrogen and oxygen atoms in total. The third-order valence-corrected chi connectivity index (χ3v) is 18.1. The Morgan fingerprint density at radius 3 is 1.14 bits per heavy atom. The number of rotatable bonds is 13. The molecule has 95 heavy (non-hydrogen) atoms. The zero-order valence-corrected chi connectivity index (χ0v) is 52.4. The first-order valence-corrected chi connectivity index (χ1v) is 31.8. The molecule has 0 aliphatic rings. The van der Waals surface area contributed by atoms with Gasteiger partial charge in [-0.05, 0) is 177 Å². The van der Waals surface area contributed by atoms with Crippen molar-refractivity contribution in [3.05, 3.63) is 277 Å². The number of fused-ring (bicyclic) bond motifs is 9. The fourth-order valence-electron chi connectivity index (χ4n) is 11.8. The van der Waals surface area contributed by atoms with E-state index in [0.717, 1.165) is 156 Å². The SMILES string of the molecule is COc1ccc(-c2ccc3[nH]c4ncc(-c5cccc(N)c5)cc4c3c2)cc1.COc1ccc(-c2ccc3[nH]c4ncc(-c5cccc(NS(=O)(=O)c6ccccc6)c5)cc4c3c2)cc1.COc1ccc(-c2ccc3[nH]c4ncc(-c5cccc([N+](=O)[O-])c5)cc4c3c2)cc1. The smallest absolute Gasteiger partial charge is 0.270 e. The number of nitro benzene ring substituents is 1. The Morgan fingerprint density at radius 1 is 0.379 bits per heavy atom. The van der Waals surface area contributed by atoms with Crippen molar-refractivity contribution < 1.29 is 27.6 Å². The molecule has 6 aromatic heterocycles. The number of benzene rings is 10. The molecule has 6 heterocycles. The van der Waals surface area contributed by atoms with Gasteiger partial charge in [0, 0.05) is 108 Å². The number of sulfonamides is 1. The molecule has 0 unspecified atom stereocenters. The minimum atomic E-state index is -3.68. The van der Waals surface area contributed by atoms with Crippen LogP contribution in [0.4, 0.5) is 17.1 Å². The number of nitrogens with one attached hydrogen (secondary N) is 4. The average molecular weight is 1270 g/mol. The van der Waals surface area contributed by atoms with E-state index in [4.69, 9.17) is 19.9 Å². The Bertz CT molecular complexity index is 5660. The quantitative estimate of drug-likeness (QED) is 0.0414. The number of methoxy groups -OCH3 is 3. The lowest BCUT2D eigenvalue weighted by Gasteiger charge is -2.10. The number of ether oxygens (including phenoxy) is 3. The van der Waals surface area contributed by atoms with E-state index in [1.807, 2.05) is 121 Å². The summed E-state index contributed by atoms with van der Waals surface area (Å²) in [4.78, 5) is 34.9. The van der Waals surface area contributed by atoms with Gasteiger partial charge in [-0.25, -0.2) is 23.4 Å². The van der Waals surface area contributed by atoms with E-state index in [9.17, 15) is 18.5 Å². The van der Waals surface area contributed by atoms with E-state index in [1.165, 1.54) is 6.07 Å². The highest BCUT2D eigenvalue weighted by Gasteiger charge is 2.17. The summed E-state index contributed by atoms with van der Waals surface area (Å²) in [5.41, 5.74) is 24.9. The van der Waals surface area contributed by atoms with E-state index in [-0.39, 0.29) is 15.5 Å². The van der Waals surface area contributed by atoms with Crippen molar-refractivity contribution in [3.63, 3.8) is 0 Å². The number of nitrogens with two attached hydrogens (primary N) is 1. The van der Waals surface area contributed by atoms with Crippen molar-refractivity contribution in [3.8, 4) is 84.0 Å². The van der Waals surface area contributed by atoms with Gasteiger partial charge in [0.2, 0.25) is 0 Å². The summed E-state index contributed by atoms with van der Waals surface area (Å²) in [6.45, 7) is 0. The molecule has 0 aliphatic heterocycles. The van der Waals surface area contributed by atoms with Crippen LogP contribution in [-0.2, 0) is 10.0 Å². The lowest BCUT2D eigenvalue weighted by molar-refractivity contribution is -0.384. The second-order valence-corrected chi connectivity index (χ2v) is 24.3. The number of H-pyrrole nitrogens is 3. The predicted octanol–water partition coefficient (Wildman–Crippen LogP) is 18.5. The number of aromatic nitrogens is 6. The van der Waals surface area contributed by atoms with Crippen molar-refractivity contribution in [1.29, 1.82) is 0 Å². The van der Waals surface area contributed by atoms with Crippen LogP contribution in [0.2, 0.25) is 0 Å². The Hall–Kier alpha value is -12.6. The molecular formula is C78H59N9O7S. The van der Waals surface area contributed by atoms with Crippen LogP contribution in [0, 0.1) is 10.1 Å². The van der Waals surface area contributed by atoms with Crippen LogP contribution in [0.1, 0.15) is 0 Å². The van der Waals surface area contributed by atoms with Gasteiger partial charge in [-0.2, -0.15) is 0 Å². The summed E-state index contributed by atoms with van der Waals surface area (Å²) in [6, 6.07) is 79.5. The fourth-order valence-corrected chi connectivity index (χ4v) is 12.8. The van der Waals surface area contributed by atoms with Crippen LogP contribution >= 0.6 is 0 Å². The second kappa shape index (κ2) is 25.6. The number of pyridine rings is 3. The molecule has 0 aliphatic carbocycles. The number of nitro groups is 1. The molecule has 6 N–H and O–H groups in total. The van der Waals surface area contributed by atoms with Crippen molar-refractivity contribution in [1.82, 2.24) is 29.9 Å². The number of nitrogen functional groups attached to an aromatic ring is 1. The van der Waals surface area contributed by atoms with E-state index in [0.29, 0.717) is 5.69 Å². The van der Waals surface area contributed by atoms with Crippen LogP contribution in [0.5, 0.6) is 17.2 Å². The Labute approximate surface area is 545 Å². The summed E-state index contributed by atoms with van der Waals surface area (Å²) in [6.07, 6.45) is 5.42. The third-order valence-electron chi connectivity index (χ3n) is 16.7. The molecule has 0 fully saturated rings. The highest BCUT2D eigenvalue weighted by molar-refractivity contribution is 7.92. The van der Waals surface area contributed by atoms with Gasteiger partial charge in [0.1, 0.15) is 34.2 Å². The summed E-state index contributed by atoms with van der Waals surface area (Å²) >= 11 is 0. The van der Waals surface area contributed by atoms with Crippen molar-refractivity contribution in [2.75, 3.05) is 31.8 Å². The first kappa shape index (κ1) is 60.0. The van der Waals surface area contributed by atoms with Gasteiger partial charge in [0.15, 0.2) is 0 Å². The number of hydrogen-bond acceptors (Lipinski definition) is 11. The third kappa shape index (κ3) is 12.5. The molecule has 10 aromatic carbocycles. The number of nitrogens with zero attached hydrogens (tertiary/aromatic N) is 4. The van der Waals surface area contributed by atoms with Crippen LogP contribution < -0.4 is 24.7 Å². The van der Waals surface area contributed by atoms with Gasteiger partial charge in [-0.15, -0.1) is 0 Å². The molecule has 0 spiro atoms. The highest BCUT2D eigenvalue weighted by atomic mass is 32.2. The maximum Gasteiger partial charge on any atom is 0.270 e. The molecule has 0 atom stereocenters. The van der Waals surface area contributed by atoms with Crippen molar-refractivity contribution in [2.24, 2.45) is 0 Å². The van der Waals surface area contributed by atoms with Gasteiger partial charge >= 0.3 is 0 Å². The topological polar surface area (TPSA) is 229 Å². The standard InChI is InChI=1S/C30H23N3O3S.C24H17N3O3.C24H19N3O/c1-36-25-13-10-20(11-14-25)22-12-15-29-27(17-22)28-18-23(19-31-30(28)32-29)21-6-5-7-24(16-21)33-37(34,35)26-8-3-2-4-9-26;1-30-20-8-5-15(6-9-20)17-7-10-23-21(12-17)22-13-18(14-25-24(22)26-23)16-3-2-4-19(11-16)27(28)29;1-28-20-8-5-15(6-9-20)17-7-10-23-21(12-17)22-13-18(14-26-24(22)27-23)16-3-2-4-19(25)11-16/h2-19,33H,1H3,(H,31,32);2-14H,1H3,(H,25,26);2-14H,25H2,1H3,(H,26,27). The summed E-state index contributed by atoms with van der Waals surface area (Å²) in [5, 5.41) is 17.5. The zero-order valence-electron chi connectivity index (χ0n) is 51.5. The van der Waals surface area contributed by atoms with Gasteiger partial charge < -0.3 is 34.9 Å². The first-order valence-electron chi connectivity index (χ1n) is 30.3. The fraction of sp³-hybridized carbons (Fsp3) is 0.0385. The molecule has 0 saturated carbocycles. The molecule has 0 saturated heterocycles. The molecule has 0 radical (unpaired) electrons. The van der Waals surface area contributed by atoms with E-state index >= 15 is 0 Å². The van der Waals surface area contributed by atoms with Gasteiger partial charge in [0.05, 0.1) is 31.1 Å². The van der Waals surface area contributed by atoms with Crippen LogP contribution in [0.25, 0.3) is 133 Å². The lowest BCUT2D eigenvalue weighted by atomic mass is 10.0. The molecule has 0 bridgehead atoms. The largest absolute Gasteiger partial charge is 0.497 e. The monoisotopic (exact) mass is 1270 g/mol. The minimum absolute atomic E-state index is 0.0633. The molecule has 464 valence electrons. The Kier molecular flexibility index (Phi) is 16.2. The predicted molar refractivity (Wildman–Crippen MR) is 381 cm³/mol. The minimum Gasteiger partial charge on any atom is -0.497 e. The zero-order chi connectivity index (χ0) is 65.2. The Balaban J connectivity index is 0.000000124. The maximum atomic E-state index is 12.8. The first-order chi connectivity index (χ1) is 46.3. The number of hydrogen-bond donors (Lipinski definition) is 5. The molecular weight excluding hydrogens is 1210 g/mol. The average Bonchev–Trinajstić information content (AvgIpc) is 1.69. The van der Waals surface area contributed by atoms with Gasteiger partial charge in [-0.3, -0.25) is 14.8 Å². The van der Waals surface area contributed by atoms with Gasteiger partial charge in [0.25, 0.3) is 15.7 Å². The molecule has 17 heteroatoms. The number of anilines is 2. The molecule has 0 amide bonds. The lowest BCUT2D eigenvalue weighted by Crippen LogP contribution is -2.12. The normalized spacial score (nSPS) is 11.3. The molecule has 16 rings (SSSR count). The number of aromatic amines is 3. The van der Waals surface area contributed by atoms with E-state index in [2.05, 4.69) is 113 Å². The highest BCUT2D eigenvalue weighted by Crippen LogP contribution is 2.37. The summed E-state index contributed by atoms with van der Waals surface area (Å²) in [7, 11) is 1.31. The Morgan fingerprint density at radius 2 is 0.737 bits per heavy atom. The summed E-state index contributed by atoms with van der Waals surface area (Å²) < 4.78 is 44.0.